The van der Waals surface area contributed by atoms with E-state index in [1.807, 2.05) is 6.92 Å². The largest absolute Gasteiger partial charge is 0.481 e. The summed E-state index contributed by atoms with van der Waals surface area (Å²) in [6.07, 6.45) is 1.58. The highest BCUT2D eigenvalue weighted by Gasteiger charge is 2.08. The number of benzene rings is 1. The van der Waals surface area contributed by atoms with Crippen LogP contribution in [0.15, 0.2) is 24.3 Å². The molecule has 110 valence electrons. The molecule has 20 heavy (non-hydrogen) atoms. The number of hydrogen-bond donors (Lipinski definition) is 2. The lowest BCUT2D eigenvalue weighted by Gasteiger charge is -2.11. The van der Waals surface area contributed by atoms with Gasteiger partial charge in [0.05, 0.1) is 0 Å². The maximum Gasteiger partial charge on any atom is 0.303 e. The molecule has 0 saturated carbocycles. The first kappa shape index (κ1) is 16.1. The number of hydrogen-bond acceptors (Lipinski definition) is 2. The Labute approximate surface area is 118 Å². The van der Waals surface area contributed by atoms with Gasteiger partial charge < -0.3 is 10.4 Å². The number of carboxylic acid groups (broad SMARTS) is 1. The van der Waals surface area contributed by atoms with Crippen LogP contribution >= 0.6 is 0 Å². The van der Waals surface area contributed by atoms with E-state index in [4.69, 9.17) is 5.11 Å². The lowest BCUT2D eigenvalue weighted by atomic mass is 10.1. The molecule has 0 spiro atoms. The third-order valence-electron chi connectivity index (χ3n) is 3.05. The molecule has 4 nitrogen and oxygen atoms in total. The van der Waals surface area contributed by atoms with Crippen molar-refractivity contribution in [3.05, 3.63) is 35.6 Å². The number of carboxylic acids is 1. The molecule has 1 rings (SSSR count). The van der Waals surface area contributed by atoms with Crippen LogP contribution in [0.4, 0.5) is 4.39 Å². The van der Waals surface area contributed by atoms with Crippen molar-refractivity contribution in [3.63, 3.8) is 0 Å². The first-order chi connectivity index (χ1) is 9.47. The minimum Gasteiger partial charge on any atom is -0.481 e. The number of amides is 1. The molecule has 0 radical (unpaired) electrons. The Balaban J connectivity index is 2.20. The molecule has 0 bridgehead atoms. The van der Waals surface area contributed by atoms with Crippen molar-refractivity contribution in [1.82, 2.24) is 5.32 Å². The van der Waals surface area contributed by atoms with E-state index in [9.17, 15) is 14.0 Å². The first-order valence-electron chi connectivity index (χ1n) is 6.70. The van der Waals surface area contributed by atoms with Gasteiger partial charge in [-0.2, -0.15) is 0 Å². The zero-order valence-corrected chi connectivity index (χ0v) is 11.6. The predicted molar refractivity (Wildman–Crippen MR) is 73.8 cm³/mol. The molecule has 1 amide bonds. The summed E-state index contributed by atoms with van der Waals surface area (Å²) in [5, 5.41) is 11.3. The summed E-state index contributed by atoms with van der Waals surface area (Å²) in [7, 11) is 0. The van der Waals surface area contributed by atoms with Crippen molar-refractivity contribution in [3.8, 4) is 0 Å². The number of carbonyl (C=O) groups excluding carboxylic acids is 1. The second-order valence-electron chi connectivity index (χ2n) is 4.97. The van der Waals surface area contributed by atoms with Crippen LogP contribution in [0.25, 0.3) is 0 Å². The molecule has 0 aliphatic carbocycles. The summed E-state index contributed by atoms with van der Waals surface area (Å²) >= 11 is 0. The predicted octanol–water partition coefficient (Wildman–Crippen LogP) is 2.38. The van der Waals surface area contributed by atoms with Crippen molar-refractivity contribution >= 4 is 11.9 Å². The molecule has 0 saturated heterocycles. The van der Waals surface area contributed by atoms with Crippen molar-refractivity contribution in [2.75, 3.05) is 6.54 Å². The van der Waals surface area contributed by atoms with Gasteiger partial charge in [-0.05, 0) is 36.5 Å². The second-order valence-corrected chi connectivity index (χ2v) is 4.97. The molecule has 1 aromatic rings. The third-order valence-corrected chi connectivity index (χ3v) is 3.05. The highest BCUT2D eigenvalue weighted by molar-refractivity contribution is 5.76. The number of aryl methyl sites for hydroxylation is 1. The van der Waals surface area contributed by atoms with Crippen LogP contribution in [0.3, 0.4) is 0 Å². The Morgan fingerprint density at radius 3 is 2.50 bits per heavy atom. The molecule has 0 aliphatic rings. The van der Waals surface area contributed by atoms with Crippen LogP contribution in [-0.2, 0) is 16.0 Å². The molecule has 0 aliphatic heterocycles. The lowest BCUT2D eigenvalue weighted by Crippen LogP contribution is -2.28. The summed E-state index contributed by atoms with van der Waals surface area (Å²) in [6.45, 7) is 2.39. The average molecular weight is 281 g/mol. The summed E-state index contributed by atoms with van der Waals surface area (Å²) in [5.74, 6) is -1.04. The minimum atomic E-state index is -0.820. The topological polar surface area (TPSA) is 66.4 Å². The lowest BCUT2D eigenvalue weighted by molar-refractivity contribution is -0.137. The van der Waals surface area contributed by atoms with Gasteiger partial charge in [-0.15, -0.1) is 0 Å². The monoisotopic (exact) mass is 281 g/mol. The van der Waals surface area contributed by atoms with Gasteiger partial charge in [-0.3, -0.25) is 9.59 Å². The molecule has 0 aromatic heterocycles. The van der Waals surface area contributed by atoms with Crippen molar-refractivity contribution in [1.29, 1.82) is 0 Å². The van der Waals surface area contributed by atoms with E-state index >= 15 is 0 Å². The van der Waals surface area contributed by atoms with Gasteiger partial charge in [0.25, 0.3) is 0 Å². The molecule has 5 heteroatoms. The average Bonchev–Trinajstić information content (AvgIpc) is 2.42. The van der Waals surface area contributed by atoms with E-state index in [-0.39, 0.29) is 24.1 Å². The van der Waals surface area contributed by atoms with Gasteiger partial charge in [-0.1, -0.05) is 19.1 Å². The number of nitrogens with one attached hydrogen (secondary N) is 1. The SMILES string of the molecule is CC(CCC(=O)O)CNC(=O)CCc1ccc(F)cc1. The molecule has 0 heterocycles. The summed E-state index contributed by atoms with van der Waals surface area (Å²) in [6, 6.07) is 6.08. The van der Waals surface area contributed by atoms with E-state index < -0.39 is 5.97 Å². The van der Waals surface area contributed by atoms with E-state index in [0.717, 1.165) is 5.56 Å². The Morgan fingerprint density at radius 1 is 1.25 bits per heavy atom. The molecule has 2 N–H and O–H groups in total. The molecule has 1 aromatic carbocycles. The fraction of sp³-hybridized carbons (Fsp3) is 0.467. The van der Waals surface area contributed by atoms with Crippen LogP contribution in [0.1, 0.15) is 31.7 Å². The van der Waals surface area contributed by atoms with Gasteiger partial charge in [0.2, 0.25) is 5.91 Å². The highest BCUT2D eigenvalue weighted by atomic mass is 19.1. The summed E-state index contributed by atoms with van der Waals surface area (Å²) < 4.78 is 12.7. The number of aliphatic carboxylic acids is 1. The summed E-state index contributed by atoms with van der Waals surface area (Å²) in [4.78, 5) is 22.0. The Morgan fingerprint density at radius 2 is 1.90 bits per heavy atom. The normalized spacial score (nSPS) is 11.9. The molecular formula is C15H20FNO3. The maximum absolute atomic E-state index is 12.7. The fourth-order valence-electron chi connectivity index (χ4n) is 1.76. The van der Waals surface area contributed by atoms with Crippen molar-refractivity contribution < 1.29 is 19.1 Å². The van der Waals surface area contributed by atoms with E-state index in [2.05, 4.69) is 5.32 Å². The van der Waals surface area contributed by atoms with Gasteiger partial charge >= 0.3 is 5.97 Å². The van der Waals surface area contributed by atoms with Crippen LogP contribution in [0, 0.1) is 11.7 Å². The van der Waals surface area contributed by atoms with Crippen LogP contribution in [-0.4, -0.2) is 23.5 Å². The number of rotatable bonds is 8. The van der Waals surface area contributed by atoms with Crippen molar-refractivity contribution in [2.45, 2.75) is 32.6 Å². The Bertz CT molecular complexity index is 445. The van der Waals surface area contributed by atoms with Gasteiger partial charge in [-0.25, -0.2) is 4.39 Å². The minimum absolute atomic E-state index is 0.0727. The zero-order valence-electron chi connectivity index (χ0n) is 11.6. The first-order valence-corrected chi connectivity index (χ1v) is 6.70. The maximum atomic E-state index is 12.7. The quantitative estimate of drug-likeness (QED) is 0.768. The molecule has 0 fully saturated rings. The third kappa shape index (κ3) is 6.87. The van der Waals surface area contributed by atoms with Gasteiger partial charge in [0.15, 0.2) is 0 Å². The Hall–Kier alpha value is -1.91. The fourth-order valence-corrected chi connectivity index (χ4v) is 1.76. The van der Waals surface area contributed by atoms with Crippen LogP contribution < -0.4 is 5.32 Å². The number of halogens is 1. The van der Waals surface area contributed by atoms with E-state index in [1.165, 1.54) is 12.1 Å². The molecular weight excluding hydrogens is 261 g/mol. The van der Waals surface area contributed by atoms with E-state index in [1.54, 1.807) is 12.1 Å². The second kappa shape index (κ2) is 8.30. The zero-order chi connectivity index (χ0) is 15.0. The van der Waals surface area contributed by atoms with Gasteiger partial charge in [0.1, 0.15) is 5.82 Å². The smallest absolute Gasteiger partial charge is 0.303 e. The molecule has 1 unspecified atom stereocenters. The molecule has 1 atom stereocenters. The summed E-state index contributed by atoms with van der Waals surface area (Å²) in [5.41, 5.74) is 0.917. The van der Waals surface area contributed by atoms with E-state index in [0.29, 0.717) is 25.8 Å². The number of carbonyl (C=O) groups is 2. The van der Waals surface area contributed by atoms with Gasteiger partial charge in [0, 0.05) is 19.4 Å². The standard InChI is InChI=1S/C15H20FNO3/c1-11(2-9-15(19)20)10-17-14(18)8-5-12-3-6-13(16)7-4-12/h3-4,6-7,11H,2,5,8-10H2,1H3,(H,17,18)(H,19,20). The van der Waals surface area contributed by atoms with Crippen LogP contribution in [0.2, 0.25) is 0 Å². The van der Waals surface area contributed by atoms with Crippen molar-refractivity contribution in [2.24, 2.45) is 5.92 Å². The Kier molecular flexibility index (Phi) is 6.70. The van der Waals surface area contributed by atoms with Crippen LogP contribution in [0.5, 0.6) is 0 Å². The highest BCUT2D eigenvalue weighted by Crippen LogP contribution is 2.06.